The number of likely N-dealkylation sites (tertiary alicyclic amines) is 1. The lowest BCUT2D eigenvalue weighted by Crippen LogP contribution is -2.32. The normalized spacial score (nSPS) is 18.4. The summed E-state index contributed by atoms with van der Waals surface area (Å²) in [5, 5.41) is 9.23. The van der Waals surface area contributed by atoms with E-state index >= 15 is 0 Å². The summed E-state index contributed by atoms with van der Waals surface area (Å²) in [6.45, 7) is 8.20. The molecular formula is C22H35NO5. The number of rotatable bonds is 12. The summed E-state index contributed by atoms with van der Waals surface area (Å²) in [4.78, 5) is 13.5. The van der Waals surface area contributed by atoms with Crippen LogP contribution in [0.15, 0.2) is 18.2 Å². The third-order valence-electron chi connectivity index (χ3n) is 5.53. The van der Waals surface area contributed by atoms with Gasteiger partial charge in [0, 0.05) is 33.2 Å². The molecule has 6 nitrogen and oxygen atoms in total. The predicted molar refractivity (Wildman–Crippen MR) is 109 cm³/mol. The van der Waals surface area contributed by atoms with Crippen molar-refractivity contribution in [3.63, 3.8) is 0 Å². The van der Waals surface area contributed by atoms with Crippen molar-refractivity contribution in [1.29, 1.82) is 0 Å². The molecule has 0 radical (unpaired) electrons. The first-order valence-corrected chi connectivity index (χ1v) is 10.2. The van der Waals surface area contributed by atoms with Crippen LogP contribution in [0, 0.1) is 17.8 Å². The molecule has 1 fully saturated rings. The Morgan fingerprint density at radius 1 is 1.25 bits per heavy atom. The van der Waals surface area contributed by atoms with E-state index in [1.807, 2.05) is 6.07 Å². The van der Waals surface area contributed by atoms with Gasteiger partial charge in [0.05, 0.1) is 19.6 Å². The van der Waals surface area contributed by atoms with E-state index in [9.17, 15) is 9.90 Å². The van der Waals surface area contributed by atoms with Gasteiger partial charge in [0.25, 0.3) is 0 Å². The first-order chi connectivity index (χ1) is 13.4. The fourth-order valence-corrected chi connectivity index (χ4v) is 3.69. The van der Waals surface area contributed by atoms with Gasteiger partial charge in [-0.1, -0.05) is 19.9 Å². The highest BCUT2D eigenvalue weighted by molar-refractivity contribution is 5.70. The lowest BCUT2D eigenvalue weighted by atomic mass is 9.88. The third kappa shape index (κ3) is 6.67. The summed E-state index contributed by atoms with van der Waals surface area (Å²) in [5.74, 6) is 1.59. The van der Waals surface area contributed by atoms with E-state index in [4.69, 9.17) is 14.2 Å². The summed E-state index contributed by atoms with van der Waals surface area (Å²) >= 11 is 0. The van der Waals surface area contributed by atoms with Gasteiger partial charge in [0.15, 0.2) is 11.5 Å². The van der Waals surface area contributed by atoms with Crippen LogP contribution in [0.2, 0.25) is 0 Å². The van der Waals surface area contributed by atoms with Crippen LogP contribution in [-0.2, 0) is 16.0 Å². The minimum absolute atomic E-state index is 0.221. The maximum absolute atomic E-state index is 11.2. The highest BCUT2D eigenvalue weighted by atomic mass is 16.5. The largest absolute Gasteiger partial charge is 0.493 e. The van der Waals surface area contributed by atoms with Gasteiger partial charge < -0.3 is 24.2 Å². The zero-order valence-electron chi connectivity index (χ0n) is 17.6. The molecule has 1 aliphatic rings. The van der Waals surface area contributed by atoms with E-state index < -0.39 is 5.97 Å². The molecule has 2 rings (SSSR count). The van der Waals surface area contributed by atoms with Crippen LogP contribution in [0.25, 0.3) is 0 Å². The molecule has 0 amide bonds. The lowest BCUT2D eigenvalue weighted by molar-refractivity contribution is -0.141. The summed E-state index contributed by atoms with van der Waals surface area (Å²) in [7, 11) is 3.34. The Morgan fingerprint density at radius 3 is 2.64 bits per heavy atom. The van der Waals surface area contributed by atoms with E-state index in [2.05, 4.69) is 30.9 Å². The molecule has 1 heterocycles. The molecular weight excluding hydrogens is 358 g/mol. The molecule has 0 aliphatic carbocycles. The van der Waals surface area contributed by atoms with Gasteiger partial charge in [-0.25, -0.2) is 0 Å². The maximum Gasteiger partial charge on any atom is 0.307 e. The fourth-order valence-electron chi connectivity index (χ4n) is 3.69. The number of hydrogen-bond donors (Lipinski definition) is 1. The van der Waals surface area contributed by atoms with Gasteiger partial charge in [-0.05, 0) is 48.9 Å². The molecule has 1 aromatic carbocycles. The Kier molecular flexibility index (Phi) is 9.06. The Bertz CT molecular complexity index is 619. The number of carbonyl (C=O) groups is 1. The first-order valence-electron chi connectivity index (χ1n) is 10.2. The number of nitrogens with zero attached hydrogens (tertiary/aromatic N) is 1. The Morgan fingerprint density at radius 2 is 2.04 bits per heavy atom. The van der Waals surface area contributed by atoms with Crippen molar-refractivity contribution in [3.8, 4) is 11.5 Å². The standard InChI is InChI=1S/C22H35NO5/c1-16(2)19(15-23-9-8-18(14-23)22(24)25)12-17-6-7-20(27-4)21(13-17)28-11-5-10-26-3/h6-7,13,16,18-19H,5,8-12,14-15H2,1-4H3,(H,24,25)/t18?,19-/m0/s1. The fraction of sp³-hybridized carbons (Fsp3) is 0.682. The Labute approximate surface area is 168 Å². The van der Waals surface area contributed by atoms with Crippen molar-refractivity contribution in [2.45, 2.75) is 33.1 Å². The highest BCUT2D eigenvalue weighted by Crippen LogP contribution is 2.31. The second kappa shape index (κ2) is 11.3. The van der Waals surface area contributed by atoms with Crippen LogP contribution in [0.1, 0.15) is 32.3 Å². The SMILES string of the molecule is COCCCOc1cc(C[C@@H](CN2CCC(C(=O)O)C2)C(C)C)ccc1OC. The number of ether oxygens (including phenoxy) is 3. The number of aliphatic carboxylic acids is 1. The topological polar surface area (TPSA) is 68.2 Å². The van der Waals surface area contributed by atoms with E-state index in [-0.39, 0.29) is 5.92 Å². The highest BCUT2D eigenvalue weighted by Gasteiger charge is 2.30. The molecule has 0 saturated carbocycles. The molecule has 158 valence electrons. The summed E-state index contributed by atoms with van der Waals surface area (Å²) in [5.41, 5.74) is 1.22. The van der Waals surface area contributed by atoms with Crippen molar-refractivity contribution in [2.75, 3.05) is 47.1 Å². The smallest absolute Gasteiger partial charge is 0.307 e. The van der Waals surface area contributed by atoms with Gasteiger partial charge >= 0.3 is 5.97 Å². The van der Waals surface area contributed by atoms with Gasteiger partial charge in [-0.2, -0.15) is 0 Å². The molecule has 1 N–H and O–H groups in total. The van der Waals surface area contributed by atoms with Crippen LogP contribution in [0.3, 0.4) is 0 Å². The Balaban J connectivity index is 2.00. The van der Waals surface area contributed by atoms with Crippen molar-refractivity contribution in [3.05, 3.63) is 23.8 Å². The molecule has 28 heavy (non-hydrogen) atoms. The van der Waals surface area contributed by atoms with Crippen LogP contribution < -0.4 is 9.47 Å². The zero-order valence-corrected chi connectivity index (χ0v) is 17.6. The van der Waals surface area contributed by atoms with Crippen LogP contribution in [0.4, 0.5) is 0 Å². The van der Waals surface area contributed by atoms with Gasteiger partial charge in [0.2, 0.25) is 0 Å². The van der Waals surface area contributed by atoms with E-state index in [1.165, 1.54) is 5.56 Å². The van der Waals surface area contributed by atoms with Crippen molar-refractivity contribution in [2.24, 2.45) is 17.8 Å². The third-order valence-corrected chi connectivity index (χ3v) is 5.53. The number of carboxylic acid groups (broad SMARTS) is 1. The van der Waals surface area contributed by atoms with Crippen molar-refractivity contribution < 1.29 is 24.1 Å². The zero-order chi connectivity index (χ0) is 20.5. The number of benzene rings is 1. The van der Waals surface area contributed by atoms with E-state index in [0.717, 1.165) is 43.9 Å². The van der Waals surface area contributed by atoms with Crippen LogP contribution in [0.5, 0.6) is 11.5 Å². The quantitative estimate of drug-likeness (QED) is 0.550. The van der Waals surface area contributed by atoms with Gasteiger partial charge in [0.1, 0.15) is 0 Å². The monoisotopic (exact) mass is 393 g/mol. The predicted octanol–water partition coefficient (Wildman–Crippen LogP) is 3.33. The summed E-state index contributed by atoms with van der Waals surface area (Å²) in [6.07, 6.45) is 2.52. The maximum atomic E-state index is 11.2. The molecule has 1 unspecified atom stereocenters. The van der Waals surface area contributed by atoms with E-state index in [0.29, 0.717) is 31.6 Å². The molecule has 2 atom stereocenters. The van der Waals surface area contributed by atoms with Gasteiger partial charge in [-0.15, -0.1) is 0 Å². The molecule has 1 saturated heterocycles. The minimum atomic E-state index is -0.672. The average Bonchev–Trinajstić information content (AvgIpc) is 3.14. The molecule has 6 heteroatoms. The first kappa shape index (κ1) is 22.5. The molecule has 1 aliphatic heterocycles. The van der Waals surface area contributed by atoms with Crippen LogP contribution in [-0.4, -0.2) is 63.0 Å². The number of carboxylic acids is 1. The molecule has 0 spiro atoms. The van der Waals surface area contributed by atoms with E-state index in [1.54, 1.807) is 14.2 Å². The second-order valence-corrected chi connectivity index (χ2v) is 7.97. The minimum Gasteiger partial charge on any atom is -0.493 e. The average molecular weight is 394 g/mol. The van der Waals surface area contributed by atoms with Gasteiger partial charge in [-0.3, -0.25) is 4.79 Å². The molecule has 0 aromatic heterocycles. The summed E-state index contributed by atoms with van der Waals surface area (Å²) < 4.78 is 16.4. The Hall–Kier alpha value is -1.79. The number of hydrogen-bond acceptors (Lipinski definition) is 5. The van der Waals surface area contributed by atoms with Crippen LogP contribution >= 0.6 is 0 Å². The molecule has 0 bridgehead atoms. The number of methoxy groups -OCH3 is 2. The molecule has 1 aromatic rings. The lowest BCUT2D eigenvalue weighted by Gasteiger charge is -2.27. The summed E-state index contributed by atoms with van der Waals surface area (Å²) in [6, 6.07) is 6.14. The van der Waals surface area contributed by atoms with Crippen molar-refractivity contribution in [1.82, 2.24) is 4.90 Å². The van der Waals surface area contributed by atoms with Crippen molar-refractivity contribution >= 4 is 5.97 Å². The second-order valence-electron chi connectivity index (χ2n) is 7.97.